The van der Waals surface area contributed by atoms with Crippen molar-refractivity contribution in [3.63, 3.8) is 0 Å². The third-order valence-corrected chi connectivity index (χ3v) is 6.88. The van der Waals surface area contributed by atoms with Gasteiger partial charge >= 0.3 is 6.03 Å². The molecule has 1 saturated heterocycles. The van der Waals surface area contributed by atoms with Crippen LogP contribution in [0.5, 0.6) is 0 Å². The lowest BCUT2D eigenvalue weighted by molar-refractivity contribution is 0.0698. The Hall–Kier alpha value is -3.17. The fourth-order valence-electron chi connectivity index (χ4n) is 5.16. The van der Waals surface area contributed by atoms with E-state index in [0.29, 0.717) is 43.9 Å². The first-order valence-electron chi connectivity index (χ1n) is 11.2. The van der Waals surface area contributed by atoms with Gasteiger partial charge in [0.1, 0.15) is 5.82 Å². The molecule has 0 aliphatic carbocycles. The molecule has 10 nitrogen and oxygen atoms in total. The maximum Gasteiger partial charge on any atom is 0.317 e. The molecule has 1 atom stereocenters. The standard InChI is InChI=1S/C22H28N6O4/c1-13(2)24-21(31)27-8-5-22(11-27)6-9-28-18(29)15-10-26(7-4-16(15)25-20(22)28)19(30)17-14(3)23-12-32-17/h12-13H,4-11H2,1-3H3,(H,24,31)/t22-/m1/s1. The summed E-state index contributed by atoms with van der Waals surface area (Å²) in [7, 11) is 0. The van der Waals surface area contributed by atoms with Gasteiger partial charge in [-0.15, -0.1) is 0 Å². The summed E-state index contributed by atoms with van der Waals surface area (Å²) in [6.45, 7) is 8.12. The van der Waals surface area contributed by atoms with E-state index in [0.717, 1.165) is 24.4 Å². The predicted octanol–water partition coefficient (Wildman–Crippen LogP) is 1.20. The molecule has 3 aliphatic heterocycles. The minimum Gasteiger partial charge on any atom is -0.438 e. The molecule has 3 amide bonds. The van der Waals surface area contributed by atoms with Gasteiger partial charge in [-0.25, -0.2) is 14.8 Å². The maximum atomic E-state index is 13.4. The van der Waals surface area contributed by atoms with E-state index >= 15 is 0 Å². The zero-order valence-corrected chi connectivity index (χ0v) is 18.7. The highest BCUT2D eigenvalue weighted by atomic mass is 16.3. The molecule has 1 spiro atoms. The Morgan fingerprint density at radius 2 is 1.97 bits per heavy atom. The average molecular weight is 441 g/mol. The number of hydrogen-bond acceptors (Lipinski definition) is 6. The van der Waals surface area contributed by atoms with Crippen LogP contribution in [0.25, 0.3) is 0 Å². The number of urea groups is 1. The van der Waals surface area contributed by atoms with Gasteiger partial charge in [-0.2, -0.15) is 0 Å². The number of oxazole rings is 1. The highest BCUT2D eigenvalue weighted by molar-refractivity contribution is 5.92. The van der Waals surface area contributed by atoms with Crippen molar-refractivity contribution in [1.82, 2.24) is 29.7 Å². The molecule has 0 aromatic carbocycles. The third kappa shape index (κ3) is 3.20. The number of aryl methyl sites for hydroxylation is 1. The Balaban J connectivity index is 1.41. The van der Waals surface area contributed by atoms with Crippen molar-refractivity contribution >= 4 is 11.9 Å². The van der Waals surface area contributed by atoms with Crippen molar-refractivity contribution in [2.45, 2.75) is 64.6 Å². The first kappa shape index (κ1) is 20.7. The number of aromatic nitrogens is 3. The smallest absolute Gasteiger partial charge is 0.317 e. The summed E-state index contributed by atoms with van der Waals surface area (Å²) in [4.78, 5) is 51.1. The van der Waals surface area contributed by atoms with Crippen molar-refractivity contribution in [3.8, 4) is 0 Å². The normalized spacial score (nSPS) is 21.9. The van der Waals surface area contributed by atoms with E-state index in [1.165, 1.54) is 6.39 Å². The molecular weight excluding hydrogens is 412 g/mol. The summed E-state index contributed by atoms with van der Waals surface area (Å²) in [6.07, 6.45) is 3.38. The number of rotatable bonds is 2. The van der Waals surface area contributed by atoms with E-state index in [2.05, 4.69) is 10.3 Å². The lowest BCUT2D eigenvalue weighted by Gasteiger charge is -2.29. The Bertz CT molecular complexity index is 1150. The lowest BCUT2D eigenvalue weighted by atomic mass is 9.85. The van der Waals surface area contributed by atoms with Gasteiger partial charge in [0, 0.05) is 44.1 Å². The van der Waals surface area contributed by atoms with E-state index in [-0.39, 0.29) is 41.3 Å². The molecule has 5 rings (SSSR count). The van der Waals surface area contributed by atoms with Crippen LogP contribution in [0.3, 0.4) is 0 Å². The van der Waals surface area contributed by atoms with Crippen molar-refractivity contribution in [3.05, 3.63) is 45.3 Å². The van der Waals surface area contributed by atoms with Crippen LogP contribution >= 0.6 is 0 Å². The van der Waals surface area contributed by atoms with E-state index in [4.69, 9.17) is 9.40 Å². The zero-order chi connectivity index (χ0) is 22.6. The minimum absolute atomic E-state index is 0.0625. The van der Waals surface area contributed by atoms with Crippen molar-refractivity contribution in [1.29, 1.82) is 0 Å². The second-order valence-corrected chi connectivity index (χ2v) is 9.37. The number of carbonyl (C=O) groups excluding carboxylic acids is 2. The monoisotopic (exact) mass is 440 g/mol. The van der Waals surface area contributed by atoms with Crippen LogP contribution in [-0.2, 0) is 24.9 Å². The number of fused-ring (bicyclic) bond motifs is 3. The second-order valence-electron chi connectivity index (χ2n) is 9.37. The SMILES string of the molecule is Cc1ncoc1C(=O)N1CCc2nc3n(c(=O)c2C1)CC[C@@]31CCN(C(=O)NC(C)C)C1. The van der Waals surface area contributed by atoms with Gasteiger partial charge < -0.3 is 19.5 Å². The van der Waals surface area contributed by atoms with E-state index in [9.17, 15) is 14.4 Å². The molecule has 1 N–H and O–H groups in total. The number of likely N-dealkylation sites (tertiary alicyclic amines) is 1. The summed E-state index contributed by atoms with van der Waals surface area (Å²) in [5.74, 6) is 0.758. The van der Waals surface area contributed by atoms with E-state index in [1.54, 1.807) is 16.4 Å². The second kappa shape index (κ2) is 7.46. The first-order chi connectivity index (χ1) is 15.3. The molecular formula is C22H28N6O4. The van der Waals surface area contributed by atoms with Gasteiger partial charge in [-0.3, -0.25) is 14.2 Å². The summed E-state index contributed by atoms with van der Waals surface area (Å²) >= 11 is 0. The molecule has 0 unspecified atom stereocenters. The fourth-order valence-corrected chi connectivity index (χ4v) is 5.16. The van der Waals surface area contributed by atoms with Gasteiger partial charge in [0.2, 0.25) is 5.76 Å². The Morgan fingerprint density at radius 3 is 2.69 bits per heavy atom. The van der Waals surface area contributed by atoms with Crippen LogP contribution in [0.15, 0.2) is 15.6 Å². The fraction of sp³-hybridized carbons (Fsp3) is 0.591. The van der Waals surface area contributed by atoms with Crippen LogP contribution < -0.4 is 10.9 Å². The maximum absolute atomic E-state index is 13.4. The zero-order valence-electron chi connectivity index (χ0n) is 18.7. The van der Waals surface area contributed by atoms with Gasteiger partial charge in [-0.05, 0) is 33.6 Å². The summed E-state index contributed by atoms with van der Waals surface area (Å²) in [5.41, 5.74) is 1.55. The summed E-state index contributed by atoms with van der Waals surface area (Å²) in [6, 6.07) is 0.0153. The molecule has 1 fully saturated rings. The largest absolute Gasteiger partial charge is 0.438 e. The van der Waals surface area contributed by atoms with Crippen LogP contribution in [0.2, 0.25) is 0 Å². The van der Waals surface area contributed by atoms with Crippen LogP contribution in [-0.4, -0.2) is 61.9 Å². The van der Waals surface area contributed by atoms with Gasteiger partial charge in [0.15, 0.2) is 6.39 Å². The summed E-state index contributed by atoms with van der Waals surface area (Å²) in [5, 5.41) is 2.96. The van der Waals surface area contributed by atoms with E-state index < -0.39 is 0 Å². The molecule has 2 aromatic rings. The molecule has 0 bridgehead atoms. The summed E-state index contributed by atoms with van der Waals surface area (Å²) < 4.78 is 7.01. The number of amides is 3. The van der Waals surface area contributed by atoms with Gasteiger partial charge in [0.25, 0.3) is 11.5 Å². The molecule has 170 valence electrons. The topological polar surface area (TPSA) is 114 Å². The van der Waals surface area contributed by atoms with Crippen molar-refractivity contribution in [2.75, 3.05) is 19.6 Å². The Kier molecular flexibility index (Phi) is 4.83. The number of nitrogens with one attached hydrogen (secondary N) is 1. The molecule has 0 saturated carbocycles. The predicted molar refractivity (Wildman–Crippen MR) is 114 cm³/mol. The lowest BCUT2D eigenvalue weighted by Crippen LogP contribution is -2.44. The minimum atomic E-state index is -0.271. The highest BCUT2D eigenvalue weighted by Gasteiger charge is 2.48. The van der Waals surface area contributed by atoms with Crippen molar-refractivity contribution in [2.24, 2.45) is 0 Å². The molecule has 10 heteroatoms. The van der Waals surface area contributed by atoms with Crippen molar-refractivity contribution < 1.29 is 14.0 Å². The van der Waals surface area contributed by atoms with Crippen LogP contribution in [0, 0.1) is 6.92 Å². The Labute approximate surface area is 185 Å². The average Bonchev–Trinajstić information content (AvgIpc) is 3.47. The Morgan fingerprint density at radius 1 is 1.19 bits per heavy atom. The molecule has 3 aliphatic rings. The van der Waals surface area contributed by atoms with E-state index in [1.807, 2.05) is 18.7 Å². The molecule has 5 heterocycles. The first-order valence-corrected chi connectivity index (χ1v) is 11.2. The molecule has 0 radical (unpaired) electrons. The number of carbonyl (C=O) groups is 2. The molecule has 32 heavy (non-hydrogen) atoms. The quantitative estimate of drug-likeness (QED) is 0.751. The number of nitrogens with zero attached hydrogens (tertiary/aromatic N) is 5. The molecule has 2 aromatic heterocycles. The third-order valence-electron chi connectivity index (χ3n) is 6.88. The number of hydrogen-bond donors (Lipinski definition) is 1. The highest BCUT2D eigenvalue weighted by Crippen LogP contribution is 2.41. The van der Waals surface area contributed by atoms with Crippen LogP contribution in [0.4, 0.5) is 4.79 Å². The van der Waals surface area contributed by atoms with Gasteiger partial charge in [0.05, 0.1) is 23.5 Å². The van der Waals surface area contributed by atoms with Gasteiger partial charge in [-0.1, -0.05) is 0 Å². The van der Waals surface area contributed by atoms with Crippen LogP contribution in [0.1, 0.15) is 60.0 Å².